The second-order valence-electron chi connectivity index (χ2n) is 3.83. The summed E-state index contributed by atoms with van der Waals surface area (Å²) in [5.74, 6) is 0. The summed E-state index contributed by atoms with van der Waals surface area (Å²) in [5.41, 5.74) is 3.17. The largest absolute Gasteiger partial charge is 0.192 e. The van der Waals surface area contributed by atoms with Crippen molar-refractivity contribution in [1.82, 2.24) is 0 Å². The molecule has 0 radical (unpaired) electrons. The van der Waals surface area contributed by atoms with Gasteiger partial charge in [-0.1, -0.05) is 30.7 Å². The van der Waals surface area contributed by atoms with Crippen LogP contribution in [0.15, 0.2) is 30.3 Å². The zero-order valence-electron chi connectivity index (χ0n) is 9.04. The third-order valence-electron chi connectivity index (χ3n) is 2.72. The summed E-state index contributed by atoms with van der Waals surface area (Å²) >= 11 is 0. The van der Waals surface area contributed by atoms with Crippen LogP contribution in [-0.2, 0) is 6.42 Å². The van der Waals surface area contributed by atoms with Crippen LogP contribution >= 0.6 is 0 Å². The highest BCUT2D eigenvalue weighted by Gasteiger charge is 2.02. The zero-order valence-corrected chi connectivity index (χ0v) is 9.04. The first-order valence-electron chi connectivity index (χ1n) is 5.18. The summed E-state index contributed by atoms with van der Waals surface area (Å²) in [7, 11) is 0. The fourth-order valence-electron chi connectivity index (χ4n) is 1.86. The van der Waals surface area contributed by atoms with Gasteiger partial charge in [-0.05, 0) is 41.8 Å². The fraction of sp³-hybridized carbons (Fsp3) is 0.214. The van der Waals surface area contributed by atoms with E-state index >= 15 is 0 Å². The van der Waals surface area contributed by atoms with Crippen LogP contribution < -0.4 is 0 Å². The smallest absolute Gasteiger partial charge is 0.0994 e. The Bertz CT molecular complexity index is 547. The number of rotatable bonds is 1. The molecule has 0 saturated carbocycles. The van der Waals surface area contributed by atoms with Gasteiger partial charge in [-0.15, -0.1) is 0 Å². The first-order valence-corrected chi connectivity index (χ1v) is 5.18. The molecule has 0 spiro atoms. The summed E-state index contributed by atoms with van der Waals surface area (Å²) in [6, 6.07) is 12.7. The van der Waals surface area contributed by atoms with Crippen molar-refractivity contribution < 1.29 is 0 Å². The van der Waals surface area contributed by atoms with Gasteiger partial charge in [0.15, 0.2) is 0 Å². The maximum atomic E-state index is 9.03. The first-order chi connectivity index (χ1) is 7.24. The fourth-order valence-corrected chi connectivity index (χ4v) is 1.86. The first kappa shape index (κ1) is 9.73. The standard InChI is InChI=1S/C14H13N/c1-3-11-7-12-5-4-10(2)6-13(12)8-14(11)9-15/h4-8H,3H2,1-2H3. The molecule has 0 aliphatic heterocycles. The lowest BCUT2D eigenvalue weighted by Gasteiger charge is -2.05. The van der Waals surface area contributed by atoms with Crippen LogP contribution in [0.2, 0.25) is 0 Å². The third kappa shape index (κ3) is 1.71. The summed E-state index contributed by atoms with van der Waals surface area (Å²) in [6.07, 6.45) is 0.909. The molecule has 0 atom stereocenters. The molecular formula is C14H13N. The number of fused-ring (bicyclic) bond motifs is 1. The van der Waals surface area contributed by atoms with Crippen molar-refractivity contribution in [1.29, 1.82) is 5.26 Å². The second-order valence-corrected chi connectivity index (χ2v) is 3.83. The molecular weight excluding hydrogens is 182 g/mol. The molecule has 0 fully saturated rings. The van der Waals surface area contributed by atoms with Crippen molar-refractivity contribution in [2.24, 2.45) is 0 Å². The molecule has 0 heterocycles. The minimum atomic E-state index is 0.801. The lowest BCUT2D eigenvalue weighted by atomic mass is 9.99. The molecule has 2 aromatic carbocycles. The average Bonchev–Trinajstić information content (AvgIpc) is 2.27. The van der Waals surface area contributed by atoms with E-state index in [-0.39, 0.29) is 0 Å². The highest BCUT2D eigenvalue weighted by molar-refractivity contribution is 5.85. The molecule has 74 valence electrons. The predicted octanol–water partition coefficient (Wildman–Crippen LogP) is 3.58. The minimum absolute atomic E-state index is 0.801. The van der Waals surface area contributed by atoms with E-state index in [4.69, 9.17) is 5.26 Å². The van der Waals surface area contributed by atoms with Gasteiger partial charge in [-0.3, -0.25) is 0 Å². The Morgan fingerprint density at radius 2 is 1.93 bits per heavy atom. The molecule has 1 nitrogen and oxygen atoms in total. The van der Waals surface area contributed by atoms with E-state index in [1.54, 1.807) is 0 Å². The molecule has 2 aromatic rings. The number of nitrogens with zero attached hydrogens (tertiary/aromatic N) is 1. The van der Waals surface area contributed by atoms with Crippen LogP contribution in [0.1, 0.15) is 23.6 Å². The molecule has 0 unspecified atom stereocenters. The lowest BCUT2D eigenvalue weighted by Crippen LogP contribution is -1.88. The Balaban J connectivity index is 2.77. The predicted molar refractivity (Wildman–Crippen MR) is 62.8 cm³/mol. The molecule has 0 amide bonds. The van der Waals surface area contributed by atoms with Crippen molar-refractivity contribution in [2.75, 3.05) is 0 Å². The van der Waals surface area contributed by atoms with E-state index in [1.807, 2.05) is 6.07 Å². The quantitative estimate of drug-likeness (QED) is 0.682. The molecule has 0 aliphatic rings. The van der Waals surface area contributed by atoms with Crippen molar-refractivity contribution >= 4 is 10.8 Å². The highest BCUT2D eigenvalue weighted by Crippen LogP contribution is 2.21. The Labute approximate surface area is 90.0 Å². The Morgan fingerprint density at radius 1 is 1.13 bits per heavy atom. The average molecular weight is 195 g/mol. The summed E-state index contributed by atoms with van der Waals surface area (Å²) in [6.45, 7) is 4.15. The van der Waals surface area contributed by atoms with Gasteiger partial charge in [0.2, 0.25) is 0 Å². The van der Waals surface area contributed by atoms with Gasteiger partial charge in [-0.2, -0.15) is 5.26 Å². The second kappa shape index (κ2) is 3.74. The van der Waals surface area contributed by atoms with Crippen molar-refractivity contribution in [3.8, 4) is 6.07 Å². The number of benzene rings is 2. The van der Waals surface area contributed by atoms with Crippen LogP contribution in [-0.4, -0.2) is 0 Å². The molecule has 1 heteroatoms. The zero-order chi connectivity index (χ0) is 10.8. The molecule has 0 N–H and O–H groups in total. The van der Waals surface area contributed by atoms with Gasteiger partial charge in [0.05, 0.1) is 11.6 Å². The summed E-state index contributed by atoms with van der Waals surface area (Å²) in [4.78, 5) is 0. The molecule has 0 aliphatic carbocycles. The van der Waals surface area contributed by atoms with Gasteiger partial charge in [0, 0.05) is 0 Å². The SMILES string of the molecule is CCc1cc2ccc(C)cc2cc1C#N. The third-order valence-corrected chi connectivity index (χ3v) is 2.72. The van der Waals surface area contributed by atoms with E-state index in [9.17, 15) is 0 Å². The van der Waals surface area contributed by atoms with E-state index in [2.05, 4.69) is 44.2 Å². The summed E-state index contributed by atoms with van der Waals surface area (Å²) < 4.78 is 0. The monoisotopic (exact) mass is 195 g/mol. The van der Waals surface area contributed by atoms with Crippen LogP contribution in [0.5, 0.6) is 0 Å². The molecule has 0 bridgehead atoms. The number of hydrogen-bond acceptors (Lipinski definition) is 1. The van der Waals surface area contributed by atoms with E-state index < -0.39 is 0 Å². The van der Waals surface area contributed by atoms with E-state index in [0.717, 1.165) is 22.9 Å². The molecule has 0 aromatic heterocycles. The van der Waals surface area contributed by atoms with Gasteiger partial charge in [0.25, 0.3) is 0 Å². The Kier molecular flexibility index (Phi) is 2.43. The topological polar surface area (TPSA) is 23.8 Å². The van der Waals surface area contributed by atoms with Crippen molar-refractivity contribution in [3.63, 3.8) is 0 Å². The Hall–Kier alpha value is -1.81. The van der Waals surface area contributed by atoms with E-state index in [0.29, 0.717) is 0 Å². The minimum Gasteiger partial charge on any atom is -0.192 e. The van der Waals surface area contributed by atoms with E-state index in [1.165, 1.54) is 10.9 Å². The lowest BCUT2D eigenvalue weighted by molar-refractivity contribution is 1.13. The van der Waals surface area contributed by atoms with Crippen LogP contribution in [0.4, 0.5) is 0 Å². The van der Waals surface area contributed by atoms with Crippen molar-refractivity contribution in [3.05, 3.63) is 47.0 Å². The number of hydrogen-bond donors (Lipinski definition) is 0. The maximum Gasteiger partial charge on any atom is 0.0994 e. The molecule has 2 rings (SSSR count). The normalized spacial score (nSPS) is 10.2. The number of aryl methyl sites for hydroxylation is 2. The van der Waals surface area contributed by atoms with Crippen LogP contribution in [0, 0.1) is 18.3 Å². The molecule has 15 heavy (non-hydrogen) atoms. The van der Waals surface area contributed by atoms with Crippen molar-refractivity contribution in [2.45, 2.75) is 20.3 Å². The van der Waals surface area contributed by atoms with Gasteiger partial charge in [0.1, 0.15) is 0 Å². The van der Waals surface area contributed by atoms with Crippen LogP contribution in [0.3, 0.4) is 0 Å². The molecule has 0 saturated heterocycles. The van der Waals surface area contributed by atoms with Crippen LogP contribution in [0.25, 0.3) is 10.8 Å². The maximum absolute atomic E-state index is 9.03. The van der Waals surface area contributed by atoms with Gasteiger partial charge in [-0.25, -0.2) is 0 Å². The van der Waals surface area contributed by atoms with Gasteiger partial charge < -0.3 is 0 Å². The number of nitriles is 1. The highest BCUT2D eigenvalue weighted by atomic mass is 14.2. The summed E-state index contributed by atoms with van der Waals surface area (Å²) in [5, 5.41) is 11.4. The van der Waals surface area contributed by atoms with Gasteiger partial charge >= 0.3 is 0 Å². The Morgan fingerprint density at radius 3 is 2.60 bits per heavy atom.